The van der Waals surface area contributed by atoms with Gasteiger partial charge in [0.2, 0.25) is 0 Å². The Morgan fingerprint density at radius 2 is 1.12 bits per heavy atom. The molecule has 0 N–H and O–H groups in total. The Morgan fingerprint density at radius 1 is 0.654 bits per heavy atom. The van der Waals surface area contributed by atoms with E-state index in [9.17, 15) is 16.8 Å². The van der Waals surface area contributed by atoms with E-state index in [0.29, 0.717) is 6.42 Å². The summed E-state index contributed by atoms with van der Waals surface area (Å²) in [5.41, 5.74) is 0. The normalized spacial score (nSPS) is 13.8. The molecule has 0 spiro atoms. The summed E-state index contributed by atoms with van der Waals surface area (Å²) in [6, 6.07) is 0. The Labute approximate surface area is 161 Å². The zero-order chi connectivity index (χ0) is 19.9. The van der Waals surface area contributed by atoms with Crippen molar-refractivity contribution in [3.05, 3.63) is 0 Å². The highest BCUT2D eigenvalue weighted by Gasteiger charge is 2.16. The summed E-state index contributed by atoms with van der Waals surface area (Å²) in [5.74, 6) is 0. The monoisotopic (exact) mass is 414 g/mol. The fourth-order valence-electron chi connectivity index (χ4n) is 2.85. The lowest BCUT2D eigenvalue weighted by Crippen LogP contribution is -2.20. The molecule has 0 aromatic heterocycles. The first-order valence-corrected chi connectivity index (χ1v) is 13.5. The van der Waals surface area contributed by atoms with Crippen molar-refractivity contribution in [2.45, 2.75) is 96.5 Å². The van der Waals surface area contributed by atoms with Crippen LogP contribution in [-0.4, -0.2) is 42.1 Å². The fraction of sp³-hybridized carbons (Fsp3) is 1.00. The first kappa shape index (κ1) is 25.8. The third-order valence-electron chi connectivity index (χ3n) is 4.18. The van der Waals surface area contributed by atoms with Crippen molar-refractivity contribution >= 4 is 20.2 Å². The van der Waals surface area contributed by atoms with E-state index in [-0.39, 0.29) is 13.0 Å². The molecule has 0 fully saturated rings. The molecule has 0 aliphatic carbocycles. The Hall–Kier alpha value is -0.180. The maximum atomic E-state index is 11.3. The molecule has 8 heteroatoms. The van der Waals surface area contributed by atoms with Crippen LogP contribution in [0.2, 0.25) is 0 Å². The van der Waals surface area contributed by atoms with Gasteiger partial charge in [-0.25, -0.2) is 0 Å². The van der Waals surface area contributed by atoms with E-state index >= 15 is 0 Å². The van der Waals surface area contributed by atoms with Crippen LogP contribution in [0, 0.1) is 0 Å². The van der Waals surface area contributed by atoms with Crippen LogP contribution < -0.4 is 0 Å². The highest BCUT2D eigenvalue weighted by molar-refractivity contribution is 7.86. The standard InChI is InChI=1S/C18H38O6S2/c1-4-5-6-7-8-9-10-11-12-13-14-15-18(24-26(3,21)22)16-17-23-25(2,19)20/h18H,4-17H2,1-3H3. The second kappa shape index (κ2) is 14.8. The lowest BCUT2D eigenvalue weighted by Gasteiger charge is -2.16. The maximum Gasteiger partial charge on any atom is 0.264 e. The number of hydrogen-bond donors (Lipinski definition) is 0. The Balaban J connectivity index is 3.82. The first-order chi connectivity index (χ1) is 12.1. The second-order valence-electron chi connectivity index (χ2n) is 7.06. The minimum Gasteiger partial charge on any atom is -0.270 e. The summed E-state index contributed by atoms with van der Waals surface area (Å²) in [4.78, 5) is 0. The van der Waals surface area contributed by atoms with Crippen molar-refractivity contribution in [3.63, 3.8) is 0 Å². The summed E-state index contributed by atoms with van der Waals surface area (Å²) in [7, 11) is -7.07. The van der Waals surface area contributed by atoms with Gasteiger partial charge in [-0.05, 0) is 12.8 Å². The largest absolute Gasteiger partial charge is 0.270 e. The summed E-state index contributed by atoms with van der Waals surface area (Å²) in [6.45, 7) is 2.17. The molecular weight excluding hydrogens is 376 g/mol. The predicted octanol–water partition coefficient (Wildman–Crippen LogP) is 4.40. The molecule has 0 aromatic rings. The Bertz CT molecular complexity index is 528. The van der Waals surface area contributed by atoms with E-state index in [2.05, 4.69) is 11.1 Å². The van der Waals surface area contributed by atoms with Crippen LogP contribution in [0.4, 0.5) is 0 Å². The smallest absolute Gasteiger partial charge is 0.264 e. The lowest BCUT2D eigenvalue weighted by molar-refractivity contribution is 0.160. The van der Waals surface area contributed by atoms with Crippen LogP contribution in [0.5, 0.6) is 0 Å². The summed E-state index contributed by atoms with van der Waals surface area (Å²) < 4.78 is 54.3. The molecule has 0 saturated carbocycles. The zero-order valence-corrected chi connectivity index (χ0v) is 18.4. The van der Waals surface area contributed by atoms with Gasteiger partial charge in [-0.2, -0.15) is 16.8 Å². The van der Waals surface area contributed by atoms with Crippen molar-refractivity contribution in [2.75, 3.05) is 19.1 Å². The molecule has 158 valence electrons. The molecule has 0 rings (SSSR count). The quantitative estimate of drug-likeness (QED) is 0.244. The van der Waals surface area contributed by atoms with E-state index < -0.39 is 26.3 Å². The maximum absolute atomic E-state index is 11.3. The number of hydrogen-bond acceptors (Lipinski definition) is 6. The topological polar surface area (TPSA) is 86.7 Å². The van der Waals surface area contributed by atoms with E-state index in [1.807, 2.05) is 0 Å². The molecule has 0 saturated heterocycles. The van der Waals surface area contributed by atoms with Crippen LogP contribution >= 0.6 is 0 Å². The van der Waals surface area contributed by atoms with Gasteiger partial charge in [-0.3, -0.25) is 8.37 Å². The number of rotatable bonds is 18. The van der Waals surface area contributed by atoms with E-state index in [4.69, 9.17) is 4.18 Å². The van der Waals surface area contributed by atoms with Gasteiger partial charge in [0, 0.05) is 0 Å². The fourth-order valence-corrected chi connectivity index (χ4v) is 3.94. The van der Waals surface area contributed by atoms with Crippen LogP contribution in [0.3, 0.4) is 0 Å². The summed E-state index contributed by atoms with van der Waals surface area (Å²) >= 11 is 0. The van der Waals surface area contributed by atoms with Gasteiger partial charge >= 0.3 is 0 Å². The van der Waals surface area contributed by atoms with Crippen molar-refractivity contribution in [3.8, 4) is 0 Å². The predicted molar refractivity (Wildman–Crippen MR) is 106 cm³/mol. The Kier molecular flexibility index (Phi) is 14.7. The van der Waals surface area contributed by atoms with Crippen LogP contribution in [-0.2, 0) is 28.6 Å². The van der Waals surface area contributed by atoms with Crippen LogP contribution in [0.15, 0.2) is 0 Å². The van der Waals surface area contributed by atoms with Crippen molar-refractivity contribution < 1.29 is 25.2 Å². The first-order valence-electron chi connectivity index (χ1n) is 9.86. The zero-order valence-electron chi connectivity index (χ0n) is 16.7. The van der Waals surface area contributed by atoms with Gasteiger partial charge in [-0.1, -0.05) is 77.6 Å². The van der Waals surface area contributed by atoms with Gasteiger partial charge in [0.1, 0.15) is 0 Å². The van der Waals surface area contributed by atoms with E-state index in [1.54, 1.807) is 0 Å². The molecule has 1 atom stereocenters. The average Bonchev–Trinajstić information content (AvgIpc) is 2.49. The van der Waals surface area contributed by atoms with Crippen molar-refractivity contribution in [2.24, 2.45) is 0 Å². The third-order valence-corrected chi connectivity index (χ3v) is 5.39. The SMILES string of the molecule is CCCCCCCCCCCCCC(CCOS(C)(=O)=O)OS(C)(=O)=O. The van der Waals surface area contributed by atoms with Gasteiger partial charge < -0.3 is 0 Å². The summed E-state index contributed by atoms with van der Waals surface area (Å²) in [6.07, 6.45) is 15.8. The summed E-state index contributed by atoms with van der Waals surface area (Å²) in [5, 5.41) is 0. The average molecular weight is 415 g/mol. The highest BCUT2D eigenvalue weighted by Crippen LogP contribution is 2.16. The van der Waals surface area contributed by atoms with Crippen LogP contribution in [0.1, 0.15) is 90.4 Å². The second-order valence-corrected chi connectivity index (χ2v) is 10.3. The molecule has 0 radical (unpaired) electrons. The van der Waals surface area contributed by atoms with Gasteiger partial charge in [0.05, 0.1) is 25.2 Å². The van der Waals surface area contributed by atoms with Gasteiger partial charge in [0.15, 0.2) is 0 Å². The molecular formula is C18H38O6S2. The Morgan fingerprint density at radius 3 is 1.54 bits per heavy atom. The highest BCUT2D eigenvalue weighted by atomic mass is 32.2. The van der Waals surface area contributed by atoms with Gasteiger partial charge in [-0.15, -0.1) is 0 Å². The molecule has 6 nitrogen and oxygen atoms in total. The van der Waals surface area contributed by atoms with E-state index in [1.165, 1.54) is 51.4 Å². The molecule has 0 bridgehead atoms. The van der Waals surface area contributed by atoms with Crippen molar-refractivity contribution in [1.29, 1.82) is 0 Å². The van der Waals surface area contributed by atoms with Gasteiger partial charge in [0.25, 0.3) is 20.2 Å². The molecule has 0 aliphatic heterocycles. The van der Waals surface area contributed by atoms with Crippen LogP contribution in [0.25, 0.3) is 0 Å². The molecule has 1 unspecified atom stereocenters. The molecule has 0 aromatic carbocycles. The minimum atomic E-state index is -3.56. The lowest BCUT2D eigenvalue weighted by atomic mass is 10.0. The molecule has 0 aliphatic rings. The third kappa shape index (κ3) is 20.1. The number of unbranched alkanes of at least 4 members (excludes halogenated alkanes) is 10. The molecule has 0 heterocycles. The van der Waals surface area contributed by atoms with E-state index in [0.717, 1.165) is 31.8 Å². The molecule has 26 heavy (non-hydrogen) atoms. The van der Waals surface area contributed by atoms with Crippen molar-refractivity contribution in [1.82, 2.24) is 0 Å². The molecule has 0 amide bonds. The minimum absolute atomic E-state index is 0.0585.